The summed E-state index contributed by atoms with van der Waals surface area (Å²) in [5.41, 5.74) is 0.328. The highest BCUT2D eigenvalue weighted by Gasteiger charge is 2.03. The zero-order chi connectivity index (χ0) is 9.14. The normalized spacial score (nSPS) is 9.92. The summed E-state index contributed by atoms with van der Waals surface area (Å²) in [6.45, 7) is 0. The third-order valence-corrected chi connectivity index (χ3v) is 1.55. The van der Waals surface area contributed by atoms with Crippen LogP contribution in [0.5, 0.6) is 0 Å². The monoisotopic (exact) mass is 234 g/mol. The van der Waals surface area contributed by atoms with Gasteiger partial charge in [0.1, 0.15) is 11.6 Å². The van der Waals surface area contributed by atoms with Crippen LogP contribution >= 0.6 is 15.9 Å². The smallest absolute Gasteiger partial charge is 0.202 e. The Bertz CT molecular complexity index is 292. The zero-order valence-electron chi connectivity index (χ0n) is 5.98. The van der Waals surface area contributed by atoms with Crippen molar-refractivity contribution in [2.45, 2.75) is 6.42 Å². The summed E-state index contributed by atoms with van der Waals surface area (Å²) in [7, 11) is 0. The van der Waals surface area contributed by atoms with E-state index in [0.717, 1.165) is 18.2 Å². The first-order chi connectivity index (χ1) is 5.58. The summed E-state index contributed by atoms with van der Waals surface area (Å²) >= 11 is 2.68. The van der Waals surface area contributed by atoms with E-state index in [1.807, 2.05) is 0 Å². The first-order valence-electron chi connectivity index (χ1n) is 3.21. The first kappa shape index (κ1) is 9.32. The fourth-order valence-corrected chi connectivity index (χ4v) is 1.20. The third kappa shape index (κ3) is 2.70. The molecule has 1 aromatic rings. The molecule has 0 atom stereocenters. The molecule has 0 spiro atoms. The minimum Gasteiger partial charge on any atom is -0.286 e. The molecule has 0 aliphatic carbocycles. The van der Waals surface area contributed by atoms with Gasteiger partial charge in [0.2, 0.25) is 4.69 Å². The lowest BCUT2D eigenvalue weighted by Crippen LogP contribution is -1.94. The van der Waals surface area contributed by atoms with E-state index >= 15 is 0 Å². The summed E-state index contributed by atoms with van der Waals surface area (Å²) in [6, 6.07) is 3.02. The van der Waals surface area contributed by atoms with Crippen LogP contribution in [0, 0.1) is 11.6 Å². The Morgan fingerprint density at radius 2 is 1.75 bits per heavy atom. The molecule has 0 heterocycles. The minimum atomic E-state index is -0.668. The van der Waals surface area contributed by atoms with E-state index in [-0.39, 0.29) is 11.1 Å². The van der Waals surface area contributed by atoms with Crippen LogP contribution in [0.3, 0.4) is 0 Å². The van der Waals surface area contributed by atoms with E-state index in [2.05, 4.69) is 15.9 Å². The summed E-state index contributed by atoms with van der Waals surface area (Å²) in [5, 5.41) is 0. The summed E-state index contributed by atoms with van der Waals surface area (Å²) in [4.78, 5) is 10.5. The molecule has 0 saturated heterocycles. The van der Waals surface area contributed by atoms with E-state index in [1.165, 1.54) is 0 Å². The number of benzene rings is 1. The molecule has 64 valence electrons. The second kappa shape index (κ2) is 3.76. The van der Waals surface area contributed by atoms with Gasteiger partial charge in [-0.1, -0.05) is 0 Å². The Morgan fingerprint density at radius 3 is 2.17 bits per heavy atom. The van der Waals surface area contributed by atoms with Crippen molar-refractivity contribution >= 4 is 20.6 Å². The summed E-state index contributed by atoms with van der Waals surface area (Å²) in [6.07, 6.45) is -0.00528. The average Bonchev–Trinajstić information content (AvgIpc) is 1.81. The van der Waals surface area contributed by atoms with Crippen molar-refractivity contribution in [3.63, 3.8) is 0 Å². The van der Waals surface area contributed by atoms with Gasteiger partial charge in [-0.2, -0.15) is 0 Å². The van der Waals surface area contributed by atoms with Gasteiger partial charge in [0.05, 0.1) is 0 Å². The van der Waals surface area contributed by atoms with E-state index in [1.54, 1.807) is 0 Å². The van der Waals surface area contributed by atoms with Gasteiger partial charge in [-0.25, -0.2) is 8.78 Å². The lowest BCUT2D eigenvalue weighted by molar-refractivity contribution is -0.109. The van der Waals surface area contributed by atoms with Gasteiger partial charge in [0, 0.05) is 12.5 Å². The van der Waals surface area contributed by atoms with Crippen LogP contribution in [0.1, 0.15) is 5.56 Å². The van der Waals surface area contributed by atoms with E-state index in [0.29, 0.717) is 5.56 Å². The van der Waals surface area contributed by atoms with Crippen molar-refractivity contribution in [2.24, 2.45) is 0 Å². The minimum absolute atomic E-state index is 0.00528. The lowest BCUT2D eigenvalue weighted by Gasteiger charge is -1.97. The van der Waals surface area contributed by atoms with Crippen molar-refractivity contribution in [1.82, 2.24) is 0 Å². The lowest BCUT2D eigenvalue weighted by atomic mass is 10.1. The number of rotatable bonds is 2. The molecule has 0 aromatic heterocycles. The molecule has 0 bridgehead atoms. The second-order valence-electron chi connectivity index (χ2n) is 2.31. The fourth-order valence-electron chi connectivity index (χ4n) is 0.873. The van der Waals surface area contributed by atoms with E-state index < -0.39 is 11.6 Å². The molecule has 0 N–H and O–H groups in total. The molecule has 4 heteroatoms. The van der Waals surface area contributed by atoms with Crippen molar-refractivity contribution < 1.29 is 13.6 Å². The maximum atomic E-state index is 12.5. The number of hydrogen-bond donors (Lipinski definition) is 0. The molecule has 1 rings (SSSR count). The molecule has 0 unspecified atom stereocenters. The molecule has 0 fully saturated rings. The Labute approximate surface area is 76.5 Å². The Balaban J connectivity index is 2.93. The summed E-state index contributed by atoms with van der Waals surface area (Å²) in [5.74, 6) is -1.34. The van der Waals surface area contributed by atoms with Gasteiger partial charge in [0.15, 0.2) is 0 Å². The average molecular weight is 235 g/mol. The largest absolute Gasteiger partial charge is 0.286 e. The van der Waals surface area contributed by atoms with Crippen molar-refractivity contribution in [2.75, 3.05) is 0 Å². The molecular formula is C8H5BrF2O. The molecule has 1 aromatic carbocycles. The SMILES string of the molecule is O=C(Br)Cc1cc(F)cc(F)c1. The fraction of sp³-hybridized carbons (Fsp3) is 0.125. The Hall–Kier alpha value is -0.770. The molecular weight excluding hydrogens is 230 g/mol. The van der Waals surface area contributed by atoms with Crippen molar-refractivity contribution in [3.8, 4) is 0 Å². The van der Waals surface area contributed by atoms with E-state index in [9.17, 15) is 13.6 Å². The molecule has 0 aliphatic rings. The van der Waals surface area contributed by atoms with Gasteiger partial charge < -0.3 is 0 Å². The van der Waals surface area contributed by atoms with Crippen molar-refractivity contribution in [1.29, 1.82) is 0 Å². The van der Waals surface area contributed by atoms with Gasteiger partial charge in [-0.3, -0.25) is 4.79 Å². The summed E-state index contributed by atoms with van der Waals surface area (Å²) < 4.78 is 24.7. The number of carbonyl (C=O) groups is 1. The second-order valence-corrected chi connectivity index (χ2v) is 3.19. The van der Waals surface area contributed by atoms with Crippen LogP contribution in [0.25, 0.3) is 0 Å². The highest BCUT2D eigenvalue weighted by atomic mass is 79.9. The van der Waals surface area contributed by atoms with Crippen LogP contribution < -0.4 is 0 Å². The third-order valence-electron chi connectivity index (χ3n) is 1.27. The predicted molar refractivity (Wildman–Crippen MR) is 44.0 cm³/mol. The highest BCUT2D eigenvalue weighted by Crippen LogP contribution is 2.09. The molecule has 1 nitrogen and oxygen atoms in total. The Morgan fingerprint density at radius 1 is 1.25 bits per heavy atom. The molecule has 0 amide bonds. The van der Waals surface area contributed by atoms with Crippen LogP contribution in [-0.2, 0) is 11.2 Å². The van der Waals surface area contributed by atoms with Crippen LogP contribution in [0.4, 0.5) is 8.78 Å². The standard InChI is InChI=1S/C8H5BrF2O/c9-8(12)3-5-1-6(10)4-7(11)2-5/h1-2,4H,3H2. The van der Waals surface area contributed by atoms with E-state index in [4.69, 9.17) is 0 Å². The van der Waals surface area contributed by atoms with Gasteiger partial charge in [-0.15, -0.1) is 0 Å². The quantitative estimate of drug-likeness (QED) is 0.719. The zero-order valence-corrected chi connectivity index (χ0v) is 7.57. The maximum absolute atomic E-state index is 12.5. The van der Waals surface area contributed by atoms with Gasteiger partial charge >= 0.3 is 0 Å². The van der Waals surface area contributed by atoms with Crippen molar-refractivity contribution in [3.05, 3.63) is 35.4 Å². The van der Waals surface area contributed by atoms with Crippen LogP contribution in [0.15, 0.2) is 18.2 Å². The number of halogens is 3. The molecule has 0 aliphatic heterocycles. The van der Waals surface area contributed by atoms with Crippen LogP contribution in [-0.4, -0.2) is 4.69 Å². The predicted octanol–water partition coefficient (Wildman–Crippen LogP) is 2.43. The first-order valence-corrected chi connectivity index (χ1v) is 4.00. The van der Waals surface area contributed by atoms with Crippen LogP contribution in [0.2, 0.25) is 0 Å². The Kier molecular flexibility index (Phi) is 2.92. The topological polar surface area (TPSA) is 17.1 Å². The number of carbonyl (C=O) groups excluding carboxylic acids is 1. The molecule has 0 radical (unpaired) electrons. The van der Waals surface area contributed by atoms with Gasteiger partial charge in [-0.05, 0) is 33.6 Å². The maximum Gasteiger partial charge on any atom is 0.202 e. The van der Waals surface area contributed by atoms with Gasteiger partial charge in [0.25, 0.3) is 0 Å². The molecule has 0 saturated carbocycles. The molecule has 12 heavy (non-hydrogen) atoms. The highest BCUT2D eigenvalue weighted by molar-refractivity contribution is 9.18. The number of hydrogen-bond acceptors (Lipinski definition) is 1.